The van der Waals surface area contributed by atoms with Gasteiger partial charge in [0.1, 0.15) is 5.75 Å². The fourth-order valence-corrected chi connectivity index (χ4v) is 2.67. The number of halogens is 2. The third-order valence-corrected chi connectivity index (χ3v) is 4.03. The molecular formula is C19H19F2NO4. The van der Waals surface area contributed by atoms with Gasteiger partial charge in [-0.1, -0.05) is 49.4 Å². The zero-order chi connectivity index (χ0) is 19.2. The van der Waals surface area contributed by atoms with Crippen LogP contribution in [0.2, 0.25) is 0 Å². The highest BCUT2D eigenvalue weighted by atomic mass is 19.3. The third-order valence-electron chi connectivity index (χ3n) is 4.03. The first-order chi connectivity index (χ1) is 12.4. The summed E-state index contributed by atoms with van der Waals surface area (Å²) in [6.07, 6.45) is 0.0794. The standard InChI is InChI=1S/C19H19F2NO4/c1-2-19(17(24)25,14-6-4-3-5-7-14)22-16(23)12-13-8-10-15(11-9-13)26-18(20)21/h3-11,18H,2,12H2,1H3,(H,22,23)(H,24,25). The van der Waals surface area contributed by atoms with Crippen molar-refractivity contribution in [1.29, 1.82) is 0 Å². The van der Waals surface area contributed by atoms with Crippen molar-refractivity contribution in [2.75, 3.05) is 0 Å². The van der Waals surface area contributed by atoms with Gasteiger partial charge < -0.3 is 15.2 Å². The number of benzene rings is 2. The van der Waals surface area contributed by atoms with Crippen LogP contribution in [0.3, 0.4) is 0 Å². The van der Waals surface area contributed by atoms with Crippen molar-refractivity contribution in [3.63, 3.8) is 0 Å². The molecule has 0 aliphatic carbocycles. The molecule has 0 radical (unpaired) electrons. The normalized spacial score (nSPS) is 13.1. The molecule has 0 saturated heterocycles. The third kappa shape index (κ3) is 4.56. The van der Waals surface area contributed by atoms with E-state index in [2.05, 4.69) is 10.1 Å². The number of ether oxygens (including phenoxy) is 1. The van der Waals surface area contributed by atoms with E-state index < -0.39 is 24.0 Å². The van der Waals surface area contributed by atoms with Gasteiger partial charge >= 0.3 is 12.6 Å². The lowest BCUT2D eigenvalue weighted by atomic mass is 9.87. The van der Waals surface area contributed by atoms with Gasteiger partial charge in [-0.05, 0) is 29.7 Å². The molecule has 0 saturated carbocycles. The van der Waals surface area contributed by atoms with Gasteiger partial charge in [-0.15, -0.1) is 0 Å². The molecule has 0 aromatic heterocycles. The molecule has 2 rings (SSSR count). The number of amides is 1. The van der Waals surface area contributed by atoms with E-state index in [0.717, 1.165) is 0 Å². The summed E-state index contributed by atoms with van der Waals surface area (Å²) in [5, 5.41) is 12.3. The Hall–Kier alpha value is -2.96. The number of hydrogen-bond donors (Lipinski definition) is 2. The number of carboxylic acids is 1. The smallest absolute Gasteiger partial charge is 0.387 e. The Labute approximate surface area is 149 Å². The molecule has 1 unspecified atom stereocenters. The second-order valence-electron chi connectivity index (χ2n) is 5.68. The Balaban J connectivity index is 2.14. The van der Waals surface area contributed by atoms with Crippen molar-refractivity contribution in [2.45, 2.75) is 31.9 Å². The quantitative estimate of drug-likeness (QED) is 0.754. The molecule has 7 heteroatoms. The van der Waals surface area contributed by atoms with Crippen molar-refractivity contribution < 1.29 is 28.2 Å². The SMILES string of the molecule is CCC(NC(=O)Cc1ccc(OC(F)F)cc1)(C(=O)O)c1ccccc1. The zero-order valence-corrected chi connectivity index (χ0v) is 14.1. The first kappa shape index (κ1) is 19.4. The molecule has 1 amide bonds. The lowest BCUT2D eigenvalue weighted by molar-refractivity contribution is -0.148. The van der Waals surface area contributed by atoms with E-state index in [1.165, 1.54) is 24.3 Å². The number of carbonyl (C=O) groups excluding carboxylic acids is 1. The number of aliphatic carboxylic acids is 1. The molecule has 0 aliphatic rings. The maximum absolute atomic E-state index is 12.4. The Kier molecular flexibility index (Phi) is 6.27. The molecule has 0 spiro atoms. The minimum atomic E-state index is -2.92. The van der Waals surface area contributed by atoms with Crippen LogP contribution in [0.1, 0.15) is 24.5 Å². The van der Waals surface area contributed by atoms with Crippen LogP contribution < -0.4 is 10.1 Å². The van der Waals surface area contributed by atoms with E-state index in [-0.39, 0.29) is 18.6 Å². The second-order valence-corrected chi connectivity index (χ2v) is 5.68. The van der Waals surface area contributed by atoms with Gasteiger partial charge in [0.15, 0.2) is 5.54 Å². The van der Waals surface area contributed by atoms with Crippen LogP contribution in [-0.4, -0.2) is 23.6 Å². The monoisotopic (exact) mass is 363 g/mol. The Morgan fingerprint density at radius 3 is 2.23 bits per heavy atom. The van der Waals surface area contributed by atoms with Gasteiger partial charge in [-0.25, -0.2) is 4.79 Å². The molecule has 1 atom stereocenters. The van der Waals surface area contributed by atoms with E-state index >= 15 is 0 Å². The number of alkyl halides is 2. The van der Waals surface area contributed by atoms with E-state index in [1.54, 1.807) is 37.3 Å². The number of carbonyl (C=O) groups is 2. The van der Waals surface area contributed by atoms with Crippen LogP contribution in [0.15, 0.2) is 54.6 Å². The Morgan fingerprint density at radius 1 is 1.12 bits per heavy atom. The molecule has 0 bridgehead atoms. The molecule has 2 N–H and O–H groups in total. The number of nitrogens with one attached hydrogen (secondary N) is 1. The summed E-state index contributed by atoms with van der Waals surface area (Å²) < 4.78 is 28.6. The summed E-state index contributed by atoms with van der Waals surface area (Å²) >= 11 is 0. The predicted octanol–water partition coefficient (Wildman–Crippen LogP) is 3.34. The molecular weight excluding hydrogens is 344 g/mol. The lowest BCUT2D eigenvalue weighted by Crippen LogP contribution is -2.52. The van der Waals surface area contributed by atoms with Crippen LogP contribution >= 0.6 is 0 Å². The minimum Gasteiger partial charge on any atom is -0.479 e. The fourth-order valence-electron chi connectivity index (χ4n) is 2.67. The summed E-state index contributed by atoms with van der Waals surface area (Å²) in [5.74, 6) is -1.65. The minimum absolute atomic E-state index is 0.0121. The zero-order valence-electron chi connectivity index (χ0n) is 14.1. The van der Waals surface area contributed by atoms with Gasteiger partial charge in [0.25, 0.3) is 0 Å². The summed E-state index contributed by atoms with van der Waals surface area (Å²) in [6.45, 7) is -1.24. The van der Waals surface area contributed by atoms with E-state index in [1.807, 2.05) is 0 Å². The van der Waals surface area contributed by atoms with Crippen LogP contribution in [0.25, 0.3) is 0 Å². The molecule has 0 heterocycles. The summed E-state index contributed by atoms with van der Waals surface area (Å²) in [6, 6.07) is 14.1. The Bertz CT molecular complexity index is 750. The fraction of sp³-hybridized carbons (Fsp3) is 0.263. The van der Waals surface area contributed by atoms with E-state index in [0.29, 0.717) is 11.1 Å². The van der Waals surface area contributed by atoms with Gasteiger partial charge in [0, 0.05) is 0 Å². The highest BCUT2D eigenvalue weighted by molar-refractivity contribution is 5.89. The molecule has 5 nitrogen and oxygen atoms in total. The van der Waals surface area contributed by atoms with Crippen molar-refractivity contribution in [3.8, 4) is 5.75 Å². The first-order valence-corrected chi connectivity index (χ1v) is 8.01. The predicted molar refractivity (Wildman–Crippen MR) is 91.0 cm³/mol. The average molecular weight is 363 g/mol. The first-order valence-electron chi connectivity index (χ1n) is 8.01. The van der Waals surface area contributed by atoms with Gasteiger partial charge in [0.05, 0.1) is 6.42 Å². The van der Waals surface area contributed by atoms with E-state index in [9.17, 15) is 23.5 Å². The van der Waals surface area contributed by atoms with Crippen LogP contribution in [-0.2, 0) is 21.5 Å². The van der Waals surface area contributed by atoms with Crippen LogP contribution in [0, 0.1) is 0 Å². The average Bonchev–Trinajstić information content (AvgIpc) is 2.61. The largest absolute Gasteiger partial charge is 0.479 e. The van der Waals surface area contributed by atoms with Gasteiger partial charge in [0.2, 0.25) is 5.91 Å². The molecule has 26 heavy (non-hydrogen) atoms. The highest BCUT2D eigenvalue weighted by Gasteiger charge is 2.40. The molecule has 0 aliphatic heterocycles. The molecule has 0 fully saturated rings. The maximum atomic E-state index is 12.4. The highest BCUT2D eigenvalue weighted by Crippen LogP contribution is 2.26. The van der Waals surface area contributed by atoms with Gasteiger partial charge in [-0.2, -0.15) is 8.78 Å². The number of carboxylic acid groups (broad SMARTS) is 1. The van der Waals surface area contributed by atoms with Crippen LogP contribution in [0.5, 0.6) is 5.75 Å². The van der Waals surface area contributed by atoms with Crippen molar-refractivity contribution in [2.24, 2.45) is 0 Å². The molecule has 2 aromatic carbocycles. The van der Waals surface area contributed by atoms with Crippen molar-refractivity contribution in [1.82, 2.24) is 5.32 Å². The summed E-state index contributed by atoms with van der Waals surface area (Å²) in [4.78, 5) is 24.3. The summed E-state index contributed by atoms with van der Waals surface area (Å²) in [5.41, 5.74) is -0.506. The maximum Gasteiger partial charge on any atom is 0.387 e. The molecule has 2 aromatic rings. The number of hydrogen-bond acceptors (Lipinski definition) is 3. The second kappa shape index (κ2) is 8.42. The summed E-state index contributed by atoms with van der Waals surface area (Å²) in [7, 11) is 0. The lowest BCUT2D eigenvalue weighted by Gasteiger charge is -2.30. The van der Waals surface area contributed by atoms with Crippen molar-refractivity contribution >= 4 is 11.9 Å². The Morgan fingerprint density at radius 2 is 1.73 bits per heavy atom. The van der Waals surface area contributed by atoms with Crippen LogP contribution in [0.4, 0.5) is 8.78 Å². The van der Waals surface area contributed by atoms with Gasteiger partial charge in [-0.3, -0.25) is 4.79 Å². The topological polar surface area (TPSA) is 75.6 Å². The van der Waals surface area contributed by atoms with E-state index in [4.69, 9.17) is 0 Å². The number of rotatable bonds is 8. The van der Waals surface area contributed by atoms with Crippen molar-refractivity contribution in [3.05, 3.63) is 65.7 Å². The molecule has 138 valence electrons.